The first kappa shape index (κ1) is 20.9. The van der Waals surface area contributed by atoms with Crippen LogP contribution in [0, 0.1) is 18.6 Å². The minimum absolute atomic E-state index is 0.0764. The number of halogens is 2. The molecule has 0 spiro atoms. The maximum Gasteiger partial charge on any atom is 0.166 e. The van der Waals surface area contributed by atoms with Gasteiger partial charge in [0.1, 0.15) is 17.9 Å². The fraction of sp³-hybridized carbons (Fsp3) is 0.231. The Morgan fingerprint density at radius 1 is 0.935 bits per heavy atom. The lowest BCUT2D eigenvalue weighted by atomic mass is 9.98. The van der Waals surface area contributed by atoms with E-state index in [0.29, 0.717) is 11.5 Å². The van der Waals surface area contributed by atoms with Crippen molar-refractivity contribution in [2.45, 2.75) is 33.1 Å². The van der Waals surface area contributed by atoms with Crippen molar-refractivity contribution >= 4 is 12.1 Å². The van der Waals surface area contributed by atoms with Gasteiger partial charge in [-0.05, 0) is 68.0 Å². The zero-order valence-electron chi connectivity index (χ0n) is 17.9. The second-order valence-electron chi connectivity index (χ2n) is 7.79. The van der Waals surface area contributed by atoms with Crippen LogP contribution in [-0.4, -0.2) is 19.1 Å². The van der Waals surface area contributed by atoms with Crippen molar-refractivity contribution in [1.82, 2.24) is 0 Å². The number of rotatable bonds is 5. The Balaban J connectivity index is 1.71. The number of aryl methyl sites for hydroxylation is 3. The summed E-state index contributed by atoms with van der Waals surface area (Å²) in [7, 11) is 1.56. The maximum absolute atomic E-state index is 14.8. The summed E-state index contributed by atoms with van der Waals surface area (Å²) in [5, 5.41) is 0. The molecule has 1 aliphatic carbocycles. The molecule has 0 amide bonds. The normalized spacial score (nSPS) is 13.6. The molecule has 0 bridgehead atoms. The number of aliphatic imine (C=N–C) groups is 2. The van der Waals surface area contributed by atoms with E-state index in [1.165, 1.54) is 23.9 Å². The van der Waals surface area contributed by atoms with Gasteiger partial charge in [0.05, 0.1) is 0 Å². The molecule has 0 radical (unpaired) electrons. The first-order chi connectivity index (χ1) is 15.0. The molecule has 3 aromatic carbocycles. The van der Waals surface area contributed by atoms with Crippen LogP contribution in [-0.2, 0) is 12.8 Å². The van der Waals surface area contributed by atoms with Gasteiger partial charge in [0.15, 0.2) is 11.6 Å². The molecule has 0 N–H and O–H groups in total. The zero-order valence-corrected chi connectivity index (χ0v) is 17.9. The smallest absolute Gasteiger partial charge is 0.166 e. The number of fused-ring (bicyclic) bond motifs is 1. The number of hydrogen-bond acceptors (Lipinski definition) is 2. The Labute approximate surface area is 181 Å². The zero-order chi connectivity index (χ0) is 22.0. The minimum atomic E-state index is -0.653. The Bertz CT molecular complexity index is 1200. The molecule has 4 rings (SSSR count). The summed E-state index contributed by atoms with van der Waals surface area (Å²) in [6.07, 6.45) is 4.64. The van der Waals surface area contributed by atoms with Crippen molar-refractivity contribution < 1.29 is 13.5 Å². The molecule has 0 fully saturated rings. The molecule has 0 atom stereocenters. The van der Waals surface area contributed by atoms with Gasteiger partial charge in [0.2, 0.25) is 0 Å². The van der Waals surface area contributed by atoms with Gasteiger partial charge in [-0.3, -0.25) is 4.99 Å². The lowest BCUT2D eigenvalue weighted by Crippen LogP contribution is -2.02. The van der Waals surface area contributed by atoms with Crippen LogP contribution in [0.4, 0.5) is 8.78 Å². The van der Waals surface area contributed by atoms with Crippen LogP contribution < -0.4 is 4.74 Å². The highest BCUT2D eigenvalue weighted by Crippen LogP contribution is 2.37. The van der Waals surface area contributed by atoms with Crippen molar-refractivity contribution in [1.29, 1.82) is 0 Å². The average Bonchev–Trinajstić information content (AvgIpc) is 3.23. The van der Waals surface area contributed by atoms with Crippen LogP contribution in [0.3, 0.4) is 0 Å². The number of nitrogens with zero attached hydrogens (tertiary/aromatic N) is 2. The van der Waals surface area contributed by atoms with Crippen LogP contribution >= 0.6 is 0 Å². The third-order valence-electron chi connectivity index (χ3n) is 5.54. The quantitative estimate of drug-likeness (QED) is 0.336. The van der Waals surface area contributed by atoms with Gasteiger partial charge in [-0.25, -0.2) is 13.8 Å². The number of ether oxygens (including phenoxy) is 1. The highest BCUT2D eigenvalue weighted by molar-refractivity contribution is 6.02. The van der Waals surface area contributed by atoms with Crippen LogP contribution in [0.15, 0.2) is 58.5 Å². The van der Waals surface area contributed by atoms with Crippen LogP contribution in [0.5, 0.6) is 11.5 Å². The van der Waals surface area contributed by atoms with E-state index in [4.69, 9.17) is 4.74 Å². The Morgan fingerprint density at radius 3 is 2.55 bits per heavy atom. The Hall–Kier alpha value is -3.34. The van der Waals surface area contributed by atoms with Crippen molar-refractivity contribution in [3.63, 3.8) is 0 Å². The second kappa shape index (κ2) is 8.80. The molecule has 1 aliphatic rings. The minimum Gasteiger partial charge on any atom is -0.454 e. The van der Waals surface area contributed by atoms with Gasteiger partial charge in [-0.2, -0.15) is 0 Å². The predicted octanol–water partition coefficient (Wildman–Crippen LogP) is 6.69. The molecule has 0 saturated carbocycles. The highest BCUT2D eigenvalue weighted by atomic mass is 19.1. The predicted molar refractivity (Wildman–Crippen MR) is 122 cm³/mol. The van der Waals surface area contributed by atoms with E-state index in [-0.39, 0.29) is 11.3 Å². The summed E-state index contributed by atoms with van der Waals surface area (Å²) < 4.78 is 35.4. The standard InChI is InChI=1S/C26H24F2N2O/c1-16-7-10-25(22(11-16)20-9-8-18-5-4-6-19(18)12-20)31-26-14-23(27)21(13-24(26)28)17(2)30-15-29-3/h7-15H,4-6H2,1-3H3. The van der Waals surface area contributed by atoms with Gasteiger partial charge >= 0.3 is 0 Å². The van der Waals surface area contributed by atoms with Gasteiger partial charge < -0.3 is 4.74 Å². The average molecular weight is 418 g/mol. The molecule has 31 heavy (non-hydrogen) atoms. The van der Waals surface area contributed by atoms with E-state index in [9.17, 15) is 8.78 Å². The molecule has 0 aromatic heterocycles. The van der Waals surface area contributed by atoms with Crippen molar-refractivity contribution in [2.24, 2.45) is 9.98 Å². The first-order valence-electron chi connectivity index (χ1n) is 10.3. The maximum atomic E-state index is 14.8. The molecule has 158 valence electrons. The molecular weight excluding hydrogens is 394 g/mol. The second-order valence-corrected chi connectivity index (χ2v) is 7.79. The fourth-order valence-corrected chi connectivity index (χ4v) is 3.91. The summed E-state index contributed by atoms with van der Waals surface area (Å²) in [6, 6.07) is 14.3. The summed E-state index contributed by atoms with van der Waals surface area (Å²) in [5.74, 6) is -0.934. The van der Waals surface area contributed by atoms with Crippen molar-refractivity contribution in [2.75, 3.05) is 7.05 Å². The summed E-state index contributed by atoms with van der Waals surface area (Å²) in [5.41, 5.74) is 6.07. The van der Waals surface area contributed by atoms with Gasteiger partial charge in [-0.1, -0.05) is 29.8 Å². The Kier molecular flexibility index (Phi) is 5.94. The topological polar surface area (TPSA) is 34.0 Å². The lowest BCUT2D eigenvalue weighted by molar-refractivity contribution is 0.437. The SMILES string of the molecule is CN=CN=C(C)c1cc(F)c(Oc2ccc(C)cc2-c2ccc3c(c2)CCC3)cc1F. The molecule has 5 heteroatoms. The van der Waals surface area contributed by atoms with Gasteiger partial charge in [-0.15, -0.1) is 0 Å². The summed E-state index contributed by atoms with van der Waals surface area (Å²) >= 11 is 0. The van der Waals surface area contributed by atoms with E-state index >= 15 is 0 Å². The molecular formula is C26H24F2N2O. The number of hydrogen-bond donors (Lipinski definition) is 0. The van der Waals surface area contributed by atoms with Crippen LogP contribution in [0.25, 0.3) is 11.1 Å². The third kappa shape index (κ3) is 4.41. The van der Waals surface area contributed by atoms with Gasteiger partial charge in [0.25, 0.3) is 0 Å². The molecule has 3 nitrogen and oxygen atoms in total. The lowest BCUT2D eigenvalue weighted by Gasteiger charge is -2.15. The number of benzene rings is 3. The van der Waals surface area contributed by atoms with Crippen molar-refractivity contribution in [3.8, 4) is 22.6 Å². The molecule has 0 heterocycles. The third-order valence-corrected chi connectivity index (χ3v) is 5.54. The molecule has 3 aromatic rings. The van der Waals surface area contributed by atoms with Crippen LogP contribution in [0.2, 0.25) is 0 Å². The van der Waals surface area contributed by atoms with E-state index < -0.39 is 11.6 Å². The summed E-state index contributed by atoms with van der Waals surface area (Å²) in [4.78, 5) is 7.74. The molecule has 0 aliphatic heterocycles. The Morgan fingerprint density at radius 2 is 1.74 bits per heavy atom. The molecule has 0 saturated heterocycles. The fourth-order valence-electron chi connectivity index (χ4n) is 3.91. The largest absolute Gasteiger partial charge is 0.454 e. The highest BCUT2D eigenvalue weighted by Gasteiger charge is 2.17. The van der Waals surface area contributed by atoms with E-state index in [1.54, 1.807) is 20.0 Å². The monoisotopic (exact) mass is 418 g/mol. The van der Waals surface area contributed by atoms with Crippen molar-refractivity contribution in [3.05, 3.63) is 82.4 Å². The summed E-state index contributed by atoms with van der Waals surface area (Å²) in [6.45, 7) is 3.60. The van der Waals surface area contributed by atoms with E-state index in [0.717, 1.165) is 41.7 Å². The van der Waals surface area contributed by atoms with Crippen LogP contribution in [0.1, 0.15) is 35.6 Å². The van der Waals surface area contributed by atoms with Gasteiger partial charge in [0, 0.05) is 30.0 Å². The molecule has 0 unspecified atom stereocenters. The van der Waals surface area contributed by atoms with E-state index in [1.807, 2.05) is 19.1 Å². The van der Waals surface area contributed by atoms with E-state index in [2.05, 4.69) is 28.2 Å². The first-order valence-corrected chi connectivity index (χ1v) is 10.3.